The van der Waals surface area contributed by atoms with Crippen LogP contribution in [0.3, 0.4) is 0 Å². The Labute approximate surface area is 122 Å². The van der Waals surface area contributed by atoms with E-state index in [0.717, 1.165) is 16.6 Å². The molecule has 0 spiro atoms. The lowest BCUT2D eigenvalue weighted by Gasteiger charge is -2.20. The van der Waals surface area contributed by atoms with Gasteiger partial charge in [-0.05, 0) is 30.2 Å². The summed E-state index contributed by atoms with van der Waals surface area (Å²) >= 11 is 3.42. The van der Waals surface area contributed by atoms with Gasteiger partial charge in [-0.1, -0.05) is 58.4 Å². The van der Waals surface area contributed by atoms with Crippen molar-refractivity contribution in [2.75, 3.05) is 0 Å². The highest BCUT2D eigenvalue weighted by atomic mass is 79.9. The number of hydrogen-bond donors (Lipinski definition) is 2. The maximum Gasteiger partial charge on any atom is 0.0940 e. The van der Waals surface area contributed by atoms with Crippen LogP contribution in [0.5, 0.6) is 0 Å². The summed E-state index contributed by atoms with van der Waals surface area (Å²) in [6.07, 6.45) is -0.489. The molecule has 2 nitrogen and oxygen atoms in total. The van der Waals surface area contributed by atoms with Crippen LogP contribution in [0.4, 0.5) is 0 Å². The van der Waals surface area contributed by atoms with Crippen molar-refractivity contribution in [3.05, 3.63) is 70.2 Å². The van der Waals surface area contributed by atoms with E-state index in [9.17, 15) is 5.11 Å². The topological polar surface area (TPSA) is 32.3 Å². The molecule has 0 amide bonds. The van der Waals surface area contributed by atoms with Crippen LogP contribution in [0.15, 0.2) is 59.1 Å². The smallest absolute Gasteiger partial charge is 0.0940 e. The molecule has 0 radical (unpaired) electrons. The van der Waals surface area contributed by atoms with Crippen molar-refractivity contribution < 1.29 is 5.11 Å². The molecular weight excluding hydrogens is 302 g/mol. The number of hydrogen-bond acceptors (Lipinski definition) is 2. The van der Waals surface area contributed by atoms with Gasteiger partial charge in [-0.2, -0.15) is 0 Å². The van der Waals surface area contributed by atoms with E-state index in [-0.39, 0.29) is 6.04 Å². The number of benzene rings is 2. The number of halogens is 1. The van der Waals surface area contributed by atoms with Crippen LogP contribution in [0.1, 0.15) is 24.2 Å². The predicted molar refractivity (Wildman–Crippen MR) is 81.8 cm³/mol. The van der Waals surface area contributed by atoms with Gasteiger partial charge in [0.25, 0.3) is 0 Å². The van der Waals surface area contributed by atoms with E-state index in [1.807, 2.05) is 49.4 Å². The lowest BCUT2D eigenvalue weighted by atomic mass is 10.0. The fourth-order valence-electron chi connectivity index (χ4n) is 1.93. The van der Waals surface area contributed by atoms with Crippen molar-refractivity contribution >= 4 is 15.9 Å². The summed E-state index contributed by atoms with van der Waals surface area (Å²) in [7, 11) is 0. The minimum absolute atomic E-state index is 0.00560. The molecule has 0 aliphatic heterocycles. The zero-order valence-electron chi connectivity index (χ0n) is 10.9. The van der Waals surface area contributed by atoms with Gasteiger partial charge in [0.1, 0.15) is 0 Å². The molecule has 0 unspecified atom stereocenters. The number of aliphatic hydroxyl groups is 1. The third-order valence-electron chi connectivity index (χ3n) is 3.16. The van der Waals surface area contributed by atoms with E-state index in [2.05, 4.69) is 33.4 Å². The van der Waals surface area contributed by atoms with Crippen molar-refractivity contribution in [1.29, 1.82) is 0 Å². The normalized spacial score (nSPS) is 14.1. The van der Waals surface area contributed by atoms with Gasteiger partial charge < -0.3 is 10.4 Å². The Morgan fingerprint density at radius 2 is 1.68 bits per heavy atom. The highest BCUT2D eigenvalue weighted by Crippen LogP contribution is 2.17. The summed E-state index contributed by atoms with van der Waals surface area (Å²) in [6, 6.07) is 17.9. The molecule has 0 aromatic heterocycles. The predicted octanol–water partition coefficient (Wildman–Crippen LogP) is 3.66. The highest BCUT2D eigenvalue weighted by molar-refractivity contribution is 9.10. The molecule has 0 fully saturated rings. The largest absolute Gasteiger partial charge is 0.387 e. The van der Waals surface area contributed by atoms with Gasteiger partial charge >= 0.3 is 0 Å². The van der Waals surface area contributed by atoms with Crippen LogP contribution in [-0.4, -0.2) is 11.1 Å². The van der Waals surface area contributed by atoms with Gasteiger partial charge in [-0.15, -0.1) is 0 Å². The van der Waals surface area contributed by atoms with E-state index in [4.69, 9.17) is 0 Å². The quantitative estimate of drug-likeness (QED) is 0.881. The van der Waals surface area contributed by atoms with E-state index in [1.54, 1.807) is 0 Å². The fraction of sp³-hybridized carbons (Fsp3) is 0.250. The van der Waals surface area contributed by atoms with Crippen LogP contribution < -0.4 is 5.32 Å². The Morgan fingerprint density at radius 3 is 2.32 bits per heavy atom. The Kier molecular flexibility index (Phi) is 5.14. The second-order valence-corrected chi connectivity index (χ2v) is 5.57. The summed E-state index contributed by atoms with van der Waals surface area (Å²) in [4.78, 5) is 0. The lowest BCUT2D eigenvalue weighted by Crippen LogP contribution is -2.31. The first-order chi connectivity index (χ1) is 9.16. The van der Waals surface area contributed by atoms with Gasteiger partial charge in [0.05, 0.1) is 6.10 Å². The molecule has 0 saturated carbocycles. The molecule has 0 bridgehead atoms. The SMILES string of the molecule is C[C@H](NCc1ccc(Br)cc1)[C@H](O)c1ccccc1. The second kappa shape index (κ2) is 6.85. The molecule has 3 heteroatoms. The van der Waals surface area contributed by atoms with Crippen molar-refractivity contribution in [2.24, 2.45) is 0 Å². The van der Waals surface area contributed by atoms with Crippen molar-refractivity contribution in [3.63, 3.8) is 0 Å². The van der Waals surface area contributed by atoms with Crippen LogP contribution >= 0.6 is 15.9 Å². The maximum atomic E-state index is 10.2. The van der Waals surface area contributed by atoms with E-state index >= 15 is 0 Å². The molecule has 19 heavy (non-hydrogen) atoms. The summed E-state index contributed by atoms with van der Waals surface area (Å²) in [5.74, 6) is 0. The second-order valence-electron chi connectivity index (χ2n) is 4.65. The zero-order valence-corrected chi connectivity index (χ0v) is 12.5. The molecular formula is C16H18BrNO. The molecule has 0 aliphatic rings. The lowest BCUT2D eigenvalue weighted by molar-refractivity contribution is 0.135. The average molecular weight is 320 g/mol. The molecule has 2 rings (SSSR count). The molecule has 2 aromatic carbocycles. The number of nitrogens with one attached hydrogen (secondary N) is 1. The van der Waals surface area contributed by atoms with Crippen LogP contribution in [0.25, 0.3) is 0 Å². The third kappa shape index (κ3) is 4.16. The van der Waals surface area contributed by atoms with Crippen molar-refractivity contribution in [2.45, 2.75) is 25.6 Å². The standard InChI is InChI=1S/C16H18BrNO/c1-12(16(19)14-5-3-2-4-6-14)18-11-13-7-9-15(17)10-8-13/h2-10,12,16,18-19H,11H2,1H3/t12-,16-/m0/s1. The molecule has 2 aromatic rings. The first-order valence-electron chi connectivity index (χ1n) is 6.37. The molecule has 0 heterocycles. The van der Waals surface area contributed by atoms with Gasteiger partial charge in [-0.3, -0.25) is 0 Å². The van der Waals surface area contributed by atoms with Crippen molar-refractivity contribution in [3.8, 4) is 0 Å². The summed E-state index contributed by atoms with van der Waals surface area (Å²) < 4.78 is 1.08. The Hall–Kier alpha value is -1.16. The fourth-order valence-corrected chi connectivity index (χ4v) is 2.20. The van der Waals surface area contributed by atoms with Gasteiger partial charge in [0.2, 0.25) is 0 Å². The van der Waals surface area contributed by atoms with Crippen LogP contribution in [0, 0.1) is 0 Å². The minimum atomic E-state index is -0.489. The molecule has 100 valence electrons. The molecule has 2 atom stereocenters. The minimum Gasteiger partial charge on any atom is -0.387 e. The van der Waals surface area contributed by atoms with E-state index in [0.29, 0.717) is 0 Å². The number of aliphatic hydroxyl groups excluding tert-OH is 1. The highest BCUT2D eigenvalue weighted by Gasteiger charge is 2.15. The molecule has 0 saturated heterocycles. The average Bonchev–Trinajstić information content (AvgIpc) is 2.46. The van der Waals surface area contributed by atoms with Crippen LogP contribution in [-0.2, 0) is 6.54 Å². The monoisotopic (exact) mass is 319 g/mol. The Morgan fingerprint density at radius 1 is 1.05 bits per heavy atom. The van der Waals surface area contributed by atoms with E-state index < -0.39 is 6.10 Å². The number of rotatable bonds is 5. The van der Waals surface area contributed by atoms with Crippen LogP contribution in [0.2, 0.25) is 0 Å². The first-order valence-corrected chi connectivity index (χ1v) is 7.17. The van der Waals surface area contributed by atoms with Crippen molar-refractivity contribution in [1.82, 2.24) is 5.32 Å². The maximum absolute atomic E-state index is 10.2. The zero-order chi connectivity index (χ0) is 13.7. The summed E-state index contributed by atoms with van der Waals surface area (Å²) in [5, 5.41) is 13.6. The molecule has 2 N–H and O–H groups in total. The summed E-state index contributed by atoms with van der Waals surface area (Å²) in [6.45, 7) is 2.74. The van der Waals surface area contributed by atoms with E-state index in [1.165, 1.54) is 5.56 Å². The third-order valence-corrected chi connectivity index (χ3v) is 3.68. The van der Waals surface area contributed by atoms with Gasteiger partial charge in [-0.25, -0.2) is 0 Å². The first kappa shape index (κ1) is 14.3. The Bertz CT molecular complexity index is 498. The Balaban J connectivity index is 1.90. The summed E-state index contributed by atoms with van der Waals surface area (Å²) in [5.41, 5.74) is 2.15. The van der Waals surface area contributed by atoms with Gasteiger partial charge in [0.15, 0.2) is 0 Å². The van der Waals surface area contributed by atoms with Gasteiger partial charge in [0, 0.05) is 17.1 Å². The molecule has 0 aliphatic carbocycles.